The summed E-state index contributed by atoms with van der Waals surface area (Å²) in [6, 6.07) is 13.5. The van der Waals surface area contributed by atoms with Crippen molar-refractivity contribution >= 4 is 16.9 Å². The van der Waals surface area contributed by atoms with Crippen LogP contribution in [0.5, 0.6) is 0 Å². The van der Waals surface area contributed by atoms with E-state index in [4.69, 9.17) is 4.52 Å². The fraction of sp³-hybridized carbons (Fsp3) is 0.346. The van der Waals surface area contributed by atoms with Crippen LogP contribution in [0.3, 0.4) is 0 Å². The van der Waals surface area contributed by atoms with Gasteiger partial charge in [0.05, 0.1) is 11.6 Å². The standard InChI is InChI=1S/C26H26FN7O2/c1-4-20-15-33(25-23-22(32(3)26(35)30-25)10-9-19(13-28)29-23)16(2)14-34(20)24(21-11-12-36-31-21)17-5-7-18(27)8-6-17/h5-12,16,20,24H,4,14-15H2,1-3H3/t16-,20+,24?/m0/s1. The molecule has 3 atom stereocenters. The molecule has 0 N–H and O–H groups in total. The Labute approximate surface area is 207 Å². The van der Waals surface area contributed by atoms with Gasteiger partial charge >= 0.3 is 5.69 Å². The SMILES string of the molecule is CC[C@@H]1CN(c2nc(=O)n(C)c3ccc(C#N)nc23)[C@@H](C)CN1C(c1ccc(F)cc1)c1ccon1. The summed E-state index contributed by atoms with van der Waals surface area (Å²) in [7, 11) is 1.65. The first-order valence-corrected chi connectivity index (χ1v) is 11.9. The highest BCUT2D eigenvalue weighted by atomic mass is 19.1. The molecule has 0 aliphatic carbocycles. The molecule has 9 nitrogen and oxygen atoms in total. The van der Waals surface area contributed by atoms with Gasteiger partial charge in [-0.1, -0.05) is 24.2 Å². The molecule has 3 aromatic heterocycles. The zero-order valence-corrected chi connectivity index (χ0v) is 20.3. The monoisotopic (exact) mass is 487 g/mol. The number of hydrogen-bond acceptors (Lipinski definition) is 8. The summed E-state index contributed by atoms with van der Waals surface area (Å²) in [5.41, 5.74) is 2.71. The Kier molecular flexibility index (Phi) is 6.24. The number of pyridine rings is 1. The second-order valence-electron chi connectivity index (χ2n) is 9.09. The third-order valence-electron chi connectivity index (χ3n) is 6.93. The number of fused-ring (bicyclic) bond motifs is 1. The van der Waals surface area contributed by atoms with Crippen molar-refractivity contribution in [3.05, 3.63) is 82.0 Å². The molecule has 1 aliphatic heterocycles. The maximum Gasteiger partial charge on any atom is 0.349 e. The molecule has 4 aromatic rings. The minimum Gasteiger partial charge on any atom is -0.364 e. The topological polar surface area (TPSA) is 104 Å². The molecule has 0 amide bonds. The van der Waals surface area contributed by atoms with E-state index in [1.54, 1.807) is 37.6 Å². The van der Waals surface area contributed by atoms with Crippen LogP contribution in [0.2, 0.25) is 0 Å². The number of aromatic nitrogens is 4. The summed E-state index contributed by atoms with van der Waals surface area (Å²) in [5, 5.41) is 13.6. The number of halogens is 1. The summed E-state index contributed by atoms with van der Waals surface area (Å²) in [6.45, 7) is 5.39. The number of benzene rings is 1. The lowest BCUT2D eigenvalue weighted by Gasteiger charge is -2.48. The lowest BCUT2D eigenvalue weighted by atomic mass is 9.95. The number of anilines is 1. The van der Waals surface area contributed by atoms with Crippen molar-refractivity contribution in [3.8, 4) is 6.07 Å². The van der Waals surface area contributed by atoms with E-state index in [9.17, 15) is 14.4 Å². The van der Waals surface area contributed by atoms with Crippen molar-refractivity contribution in [2.75, 3.05) is 18.0 Å². The Morgan fingerprint density at radius 2 is 1.94 bits per heavy atom. The molecule has 0 radical (unpaired) electrons. The van der Waals surface area contributed by atoms with E-state index in [0.29, 0.717) is 29.9 Å². The van der Waals surface area contributed by atoms with E-state index in [1.807, 2.05) is 6.07 Å². The number of hydrogen-bond donors (Lipinski definition) is 0. The van der Waals surface area contributed by atoms with Crippen LogP contribution in [0, 0.1) is 17.1 Å². The lowest BCUT2D eigenvalue weighted by molar-refractivity contribution is 0.111. The Hall–Kier alpha value is -4.10. The second kappa shape index (κ2) is 9.51. The fourth-order valence-electron chi connectivity index (χ4n) is 5.05. The maximum absolute atomic E-state index is 13.7. The highest BCUT2D eigenvalue weighted by molar-refractivity contribution is 5.86. The molecule has 184 valence electrons. The second-order valence-corrected chi connectivity index (χ2v) is 9.09. The molecule has 0 saturated carbocycles. The minimum absolute atomic E-state index is 0.0435. The van der Waals surface area contributed by atoms with Crippen LogP contribution in [0.4, 0.5) is 10.2 Å². The molecule has 10 heteroatoms. The lowest BCUT2D eigenvalue weighted by Crippen LogP contribution is -2.58. The van der Waals surface area contributed by atoms with Crippen LogP contribution < -0.4 is 10.6 Å². The molecular weight excluding hydrogens is 461 g/mol. The molecule has 4 heterocycles. The largest absolute Gasteiger partial charge is 0.364 e. The predicted molar refractivity (Wildman–Crippen MR) is 132 cm³/mol. The smallest absolute Gasteiger partial charge is 0.349 e. The van der Waals surface area contributed by atoms with E-state index in [0.717, 1.165) is 17.7 Å². The number of aryl methyl sites for hydroxylation is 1. The molecule has 0 spiro atoms. The van der Waals surface area contributed by atoms with Crippen molar-refractivity contribution in [2.24, 2.45) is 7.05 Å². The van der Waals surface area contributed by atoms with Crippen LogP contribution in [0.15, 0.2) is 58.0 Å². The predicted octanol–water partition coefficient (Wildman–Crippen LogP) is 3.41. The van der Waals surface area contributed by atoms with Gasteiger partial charge in [0.1, 0.15) is 35.1 Å². The summed E-state index contributed by atoms with van der Waals surface area (Å²) in [6.07, 6.45) is 2.36. The zero-order valence-electron chi connectivity index (χ0n) is 20.3. The Morgan fingerprint density at radius 3 is 2.61 bits per heavy atom. The molecule has 1 aromatic carbocycles. The first-order valence-electron chi connectivity index (χ1n) is 11.9. The third-order valence-corrected chi connectivity index (χ3v) is 6.93. The van der Waals surface area contributed by atoms with Gasteiger partial charge in [-0.05, 0) is 43.2 Å². The first kappa shape index (κ1) is 23.6. The Balaban J connectivity index is 1.57. The zero-order chi connectivity index (χ0) is 25.4. The van der Waals surface area contributed by atoms with Gasteiger partial charge in [-0.3, -0.25) is 9.47 Å². The maximum atomic E-state index is 13.7. The summed E-state index contributed by atoms with van der Waals surface area (Å²) in [5.74, 6) is 0.186. The summed E-state index contributed by atoms with van der Waals surface area (Å²) < 4.78 is 20.3. The van der Waals surface area contributed by atoms with Crippen molar-refractivity contribution in [2.45, 2.75) is 38.4 Å². The van der Waals surface area contributed by atoms with E-state index in [1.165, 1.54) is 16.7 Å². The summed E-state index contributed by atoms with van der Waals surface area (Å²) in [4.78, 5) is 26.1. The van der Waals surface area contributed by atoms with Crippen molar-refractivity contribution in [1.82, 2.24) is 24.6 Å². The minimum atomic E-state index is -0.376. The van der Waals surface area contributed by atoms with Crippen LogP contribution in [0.1, 0.15) is 43.3 Å². The molecular formula is C26H26FN7O2. The van der Waals surface area contributed by atoms with Crippen molar-refractivity contribution in [3.63, 3.8) is 0 Å². The highest BCUT2D eigenvalue weighted by Gasteiger charge is 2.38. The molecule has 0 bridgehead atoms. The van der Waals surface area contributed by atoms with Crippen molar-refractivity contribution < 1.29 is 8.91 Å². The first-order chi connectivity index (χ1) is 17.4. The summed E-state index contributed by atoms with van der Waals surface area (Å²) >= 11 is 0. The average molecular weight is 488 g/mol. The van der Waals surface area contributed by atoms with E-state index in [2.05, 4.69) is 44.8 Å². The molecule has 1 saturated heterocycles. The van der Waals surface area contributed by atoms with E-state index >= 15 is 0 Å². The molecule has 1 aliphatic rings. The van der Waals surface area contributed by atoms with Crippen LogP contribution in [0.25, 0.3) is 11.0 Å². The average Bonchev–Trinajstić information content (AvgIpc) is 3.42. The van der Waals surface area contributed by atoms with Gasteiger partial charge < -0.3 is 9.42 Å². The third kappa shape index (κ3) is 4.12. The quantitative estimate of drug-likeness (QED) is 0.422. The molecule has 1 unspecified atom stereocenters. The van der Waals surface area contributed by atoms with Crippen LogP contribution in [-0.4, -0.2) is 49.8 Å². The van der Waals surface area contributed by atoms with Crippen LogP contribution >= 0.6 is 0 Å². The Morgan fingerprint density at radius 1 is 1.17 bits per heavy atom. The van der Waals surface area contributed by atoms with Gasteiger partial charge in [0.2, 0.25) is 0 Å². The Bertz CT molecular complexity index is 1480. The fourth-order valence-corrected chi connectivity index (χ4v) is 5.05. The number of piperazine rings is 1. The molecule has 5 rings (SSSR count). The number of nitriles is 1. The van der Waals surface area contributed by atoms with Gasteiger partial charge in [-0.2, -0.15) is 10.2 Å². The van der Waals surface area contributed by atoms with Gasteiger partial charge in [0, 0.05) is 38.3 Å². The van der Waals surface area contributed by atoms with Gasteiger partial charge in [-0.15, -0.1) is 0 Å². The van der Waals surface area contributed by atoms with E-state index in [-0.39, 0.29) is 35.3 Å². The van der Waals surface area contributed by atoms with Gasteiger partial charge in [-0.25, -0.2) is 14.2 Å². The normalized spacial score (nSPS) is 19.4. The number of nitrogens with zero attached hydrogens (tertiary/aromatic N) is 7. The molecule has 36 heavy (non-hydrogen) atoms. The van der Waals surface area contributed by atoms with E-state index < -0.39 is 0 Å². The van der Waals surface area contributed by atoms with Crippen molar-refractivity contribution in [1.29, 1.82) is 5.26 Å². The van der Waals surface area contributed by atoms with Crippen LogP contribution in [-0.2, 0) is 7.05 Å². The highest BCUT2D eigenvalue weighted by Crippen LogP contribution is 2.35. The van der Waals surface area contributed by atoms with Gasteiger partial charge in [0.15, 0.2) is 5.82 Å². The molecule has 1 fully saturated rings. The van der Waals surface area contributed by atoms with Gasteiger partial charge in [0.25, 0.3) is 0 Å². The number of rotatable bonds is 5.